The summed E-state index contributed by atoms with van der Waals surface area (Å²) in [6, 6.07) is 8.94. The number of carbonyl (C=O) groups is 1. The van der Waals surface area contributed by atoms with Crippen molar-refractivity contribution in [2.75, 3.05) is 17.2 Å². The molecule has 1 amide bonds. The highest BCUT2D eigenvalue weighted by atomic mass is 35.5. The van der Waals surface area contributed by atoms with Gasteiger partial charge in [-0.15, -0.1) is 0 Å². The molecule has 0 aliphatic carbocycles. The van der Waals surface area contributed by atoms with Crippen molar-refractivity contribution in [3.8, 4) is 0 Å². The van der Waals surface area contributed by atoms with Gasteiger partial charge in [0.05, 0.1) is 12.1 Å². The predicted octanol–water partition coefficient (Wildman–Crippen LogP) is 5.03. The maximum Gasteiger partial charge on any atom is 0.418 e. The van der Waals surface area contributed by atoms with E-state index in [0.29, 0.717) is 5.69 Å². The van der Waals surface area contributed by atoms with E-state index in [9.17, 15) is 18.0 Å². The largest absolute Gasteiger partial charge is 0.418 e. The van der Waals surface area contributed by atoms with Crippen LogP contribution in [-0.4, -0.2) is 12.5 Å². The number of carbonyl (C=O) groups excluding carboxylic acids is 1. The third-order valence-electron chi connectivity index (χ3n) is 3.39. The van der Waals surface area contributed by atoms with E-state index in [4.69, 9.17) is 11.6 Å². The Labute approximate surface area is 142 Å². The van der Waals surface area contributed by atoms with Gasteiger partial charge in [-0.05, 0) is 49.2 Å². The van der Waals surface area contributed by atoms with E-state index in [1.54, 1.807) is 6.07 Å². The summed E-state index contributed by atoms with van der Waals surface area (Å²) in [6.45, 7) is 3.43. The lowest BCUT2D eigenvalue weighted by molar-refractivity contribution is -0.137. The lowest BCUT2D eigenvalue weighted by Gasteiger charge is -2.15. The normalized spacial score (nSPS) is 11.2. The number of anilines is 2. The molecule has 2 aromatic rings. The van der Waals surface area contributed by atoms with Crippen molar-refractivity contribution in [3.63, 3.8) is 0 Å². The maximum absolute atomic E-state index is 13.0. The number of amides is 1. The second kappa shape index (κ2) is 7.13. The average Bonchev–Trinajstić information content (AvgIpc) is 2.49. The molecule has 3 nitrogen and oxygen atoms in total. The molecule has 0 radical (unpaired) electrons. The summed E-state index contributed by atoms with van der Waals surface area (Å²) < 4.78 is 39.0. The standard InChI is InChI=1S/C17H16ClF3N2O/c1-10-3-4-11(2)15(7-10)23-16(24)9-22-14-6-5-12(18)8-13(14)17(19,20)21/h3-8,22H,9H2,1-2H3,(H,23,24). The number of hydrogen-bond acceptors (Lipinski definition) is 2. The lowest BCUT2D eigenvalue weighted by atomic mass is 10.1. The highest BCUT2D eigenvalue weighted by Gasteiger charge is 2.33. The Balaban J connectivity index is 2.08. The van der Waals surface area contributed by atoms with Crippen LogP contribution in [0.25, 0.3) is 0 Å². The fourth-order valence-corrected chi connectivity index (χ4v) is 2.32. The number of hydrogen-bond donors (Lipinski definition) is 2. The number of alkyl halides is 3. The first-order chi connectivity index (χ1) is 11.2. The molecule has 0 heterocycles. The topological polar surface area (TPSA) is 41.1 Å². The van der Waals surface area contributed by atoms with Gasteiger partial charge in [0, 0.05) is 16.4 Å². The van der Waals surface area contributed by atoms with E-state index in [1.165, 1.54) is 12.1 Å². The third kappa shape index (κ3) is 4.64. The second-order valence-corrected chi connectivity index (χ2v) is 5.84. The van der Waals surface area contributed by atoms with Gasteiger partial charge < -0.3 is 10.6 Å². The van der Waals surface area contributed by atoms with Gasteiger partial charge >= 0.3 is 6.18 Å². The van der Waals surface area contributed by atoms with Crippen molar-refractivity contribution in [2.24, 2.45) is 0 Å². The molecule has 0 fully saturated rings. The Morgan fingerprint density at radius 3 is 2.46 bits per heavy atom. The van der Waals surface area contributed by atoms with E-state index < -0.39 is 17.6 Å². The van der Waals surface area contributed by atoms with Crippen LogP contribution < -0.4 is 10.6 Å². The maximum atomic E-state index is 13.0. The SMILES string of the molecule is Cc1ccc(C)c(NC(=O)CNc2ccc(Cl)cc2C(F)(F)F)c1. The van der Waals surface area contributed by atoms with Crippen LogP contribution in [0.5, 0.6) is 0 Å². The molecular formula is C17H16ClF3N2O. The van der Waals surface area contributed by atoms with Crippen LogP contribution in [-0.2, 0) is 11.0 Å². The summed E-state index contributed by atoms with van der Waals surface area (Å²) in [5.74, 6) is -0.438. The van der Waals surface area contributed by atoms with Gasteiger partial charge in [0.25, 0.3) is 0 Å². The Hall–Kier alpha value is -2.21. The molecule has 7 heteroatoms. The number of rotatable bonds is 4. The van der Waals surface area contributed by atoms with Gasteiger partial charge in [-0.25, -0.2) is 0 Å². The number of nitrogens with one attached hydrogen (secondary N) is 2. The highest BCUT2D eigenvalue weighted by molar-refractivity contribution is 6.30. The van der Waals surface area contributed by atoms with Crippen LogP contribution in [0.1, 0.15) is 16.7 Å². The molecule has 0 aliphatic heterocycles. The van der Waals surface area contributed by atoms with Crippen LogP contribution in [0.2, 0.25) is 5.02 Å². The zero-order chi connectivity index (χ0) is 17.9. The minimum absolute atomic E-state index is 0.0206. The highest BCUT2D eigenvalue weighted by Crippen LogP contribution is 2.36. The van der Waals surface area contributed by atoms with Gasteiger partial charge in [-0.3, -0.25) is 4.79 Å². The van der Waals surface area contributed by atoms with Crippen LogP contribution in [0, 0.1) is 13.8 Å². The van der Waals surface area contributed by atoms with Gasteiger partial charge in [-0.1, -0.05) is 23.7 Å². The van der Waals surface area contributed by atoms with E-state index in [-0.39, 0.29) is 17.3 Å². The number of aryl methyl sites for hydroxylation is 2. The van der Waals surface area contributed by atoms with Gasteiger partial charge in [0.1, 0.15) is 0 Å². The van der Waals surface area contributed by atoms with E-state index >= 15 is 0 Å². The number of halogens is 4. The lowest BCUT2D eigenvalue weighted by Crippen LogP contribution is -2.23. The quantitative estimate of drug-likeness (QED) is 0.807. The van der Waals surface area contributed by atoms with Gasteiger partial charge in [-0.2, -0.15) is 13.2 Å². The number of benzene rings is 2. The molecule has 0 atom stereocenters. The first kappa shape index (κ1) is 18.1. The van der Waals surface area contributed by atoms with Crippen LogP contribution in [0.4, 0.5) is 24.5 Å². The molecule has 0 saturated heterocycles. The summed E-state index contributed by atoms with van der Waals surface area (Å²) in [5.41, 5.74) is 1.38. The molecule has 0 spiro atoms. The summed E-state index contributed by atoms with van der Waals surface area (Å²) in [5, 5.41) is 5.17. The summed E-state index contributed by atoms with van der Waals surface area (Å²) in [4.78, 5) is 12.0. The molecule has 2 aromatic carbocycles. The molecule has 0 aromatic heterocycles. The minimum Gasteiger partial charge on any atom is -0.376 e. The molecule has 2 N–H and O–H groups in total. The molecule has 0 bridgehead atoms. The zero-order valence-corrected chi connectivity index (χ0v) is 13.8. The first-order valence-corrected chi connectivity index (χ1v) is 7.52. The Morgan fingerprint density at radius 2 is 1.79 bits per heavy atom. The Kier molecular flexibility index (Phi) is 5.39. The van der Waals surface area contributed by atoms with Crippen molar-refractivity contribution in [1.29, 1.82) is 0 Å². The van der Waals surface area contributed by atoms with E-state index in [2.05, 4.69) is 10.6 Å². The fraction of sp³-hybridized carbons (Fsp3) is 0.235. The van der Waals surface area contributed by atoms with Crippen molar-refractivity contribution < 1.29 is 18.0 Å². The summed E-state index contributed by atoms with van der Waals surface area (Å²) >= 11 is 5.62. The smallest absolute Gasteiger partial charge is 0.376 e. The summed E-state index contributed by atoms with van der Waals surface area (Å²) in [6.07, 6.45) is -4.56. The predicted molar refractivity (Wildman–Crippen MR) is 89.5 cm³/mol. The molecule has 0 saturated carbocycles. The first-order valence-electron chi connectivity index (χ1n) is 7.14. The van der Waals surface area contributed by atoms with E-state index in [0.717, 1.165) is 17.2 Å². The Bertz CT molecular complexity index is 760. The van der Waals surface area contributed by atoms with Crippen molar-refractivity contribution in [2.45, 2.75) is 20.0 Å². The van der Waals surface area contributed by atoms with Crippen molar-refractivity contribution in [1.82, 2.24) is 0 Å². The molecule has 128 valence electrons. The van der Waals surface area contributed by atoms with Crippen molar-refractivity contribution in [3.05, 3.63) is 58.1 Å². The van der Waals surface area contributed by atoms with Crippen LogP contribution >= 0.6 is 11.6 Å². The average molecular weight is 357 g/mol. The molecule has 2 rings (SSSR count). The molecule has 0 aliphatic rings. The van der Waals surface area contributed by atoms with Crippen LogP contribution in [0.15, 0.2) is 36.4 Å². The monoisotopic (exact) mass is 356 g/mol. The summed E-state index contributed by atoms with van der Waals surface area (Å²) in [7, 11) is 0. The molecular weight excluding hydrogens is 341 g/mol. The minimum atomic E-state index is -4.56. The zero-order valence-electron chi connectivity index (χ0n) is 13.1. The third-order valence-corrected chi connectivity index (χ3v) is 3.63. The Morgan fingerprint density at radius 1 is 1.08 bits per heavy atom. The van der Waals surface area contributed by atoms with Gasteiger partial charge in [0.15, 0.2) is 0 Å². The molecule has 24 heavy (non-hydrogen) atoms. The van der Waals surface area contributed by atoms with Gasteiger partial charge in [0.2, 0.25) is 5.91 Å². The molecule has 0 unspecified atom stereocenters. The van der Waals surface area contributed by atoms with E-state index in [1.807, 2.05) is 26.0 Å². The van der Waals surface area contributed by atoms with Crippen LogP contribution in [0.3, 0.4) is 0 Å². The second-order valence-electron chi connectivity index (χ2n) is 5.41. The fourth-order valence-electron chi connectivity index (χ4n) is 2.15. The van der Waals surface area contributed by atoms with Crippen molar-refractivity contribution >= 4 is 28.9 Å².